The van der Waals surface area contributed by atoms with E-state index >= 15 is 0 Å². The van der Waals surface area contributed by atoms with Crippen LogP contribution >= 0.6 is 34.8 Å². The second kappa shape index (κ2) is 15.6. The molecule has 0 saturated carbocycles. The number of carbonyl (C=O) groups is 2. The monoisotopic (exact) mass is 611 g/mol. The van der Waals surface area contributed by atoms with Gasteiger partial charge in [0.2, 0.25) is 0 Å². The molecular weight excluding hydrogens is 581 g/mol. The molecule has 0 heterocycles. The fraction of sp³-hybridized carbons (Fsp3) is 0.212. The van der Waals surface area contributed by atoms with Crippen LogP contribution in [0.2, 0.25) is 15.1 Å². The van der Waals surface area contributed by atoms with Gasteiger partial charge in [-0.15, -0.1) is 0 Å². The van der Waals surface area contributed by atoms with Crippen LogP contribution < -0.4 is 0 Å². The van der Waals surface area contributed by atoms with Gasteiger partial charge in [0.1, 0.15) is 5.60 Å². The second-order valence-corrected chi connectivity index (χ2v) is 11.3. The molecule has 3 aromatic rings. The molecule has 5 nitrogen and oxygen atoms in total. The zero-order valence-corrected chi connectivity index (χ0v) is 25.4. The lowest BCUT2D eigenvalue weighted by atomic mass is 10.1. The fourth-order valence-electron chi connectivity index (χ4n) is 3.60. The predicted octanol–water partition coefficient (Wildman–Crippen LogP) is 9.28. The van der Waals surface area contributed by atoms with Gasteiger partial charge in [0.05, 0.1) is 19.3 Å². The summed E-state index contributed by atoms with van der Waals surface area (Å²) in [6, 6.07) is 21.2. The van der Waals surface area contributed by atoms with Crippen LogP contribution in [-0.2, 0) is 20.9 Å². The fourth-order valence-corrected chi connectivity index (χ4v) is 4.20. The molecule has 0 N–H and O–H groups in total. The Balaban J connectivity index is 1.88. The number of amides is 2. The van der Waals surface area contributed by atoms with E-state index in [2.05, 4.69) is 0 Å². The number of rotatable bonds is 10. The molecule has 0 aromatic heterocycles. The lowest BCUT2D eigenvalue weighted by Crippen LogP contribution is -2.47. The Morgan fingerprint density at radius 1 is 0.878 bits per heavy atom. The number of hydrogen-bond donors (Lipinski definition) is 0. The first-order valence-corrected chi connectivity index (χ1v) is 14.1. The van der Waals surface area contributed by atoms with Crippen molar-refractivity contribution < 1.29 is 19.1 Å². The number of allylic oxidation sites excluding steroid dienone is 2. The average molecular weight is 613 g/mol. The Kier molecular flexibility index (Phi) is 12.2. The van der Waals surface area contributed by atoms with Crippen molar-refractivity contribution in [2.45, 2.75) is 39.0 Å². The van der Waals surface area contributed by atoms with Crippen LogP contribution in [0.1, 0.15) is 37.5 Å². The minimum atomic E-state index is -0.820. The maximum atomic E-state index is 13.5. The molecule has 0 spiro atoms. The molecule has 3 rings (SSSR count). The molecule has 0 aliphatic rings. The van der Waals surface area contributed by atoms with Crippen molar-refractivity contribution in [3.8, 4) is 0 Å². The Hall–Kier alpha value is -3.35. The zero-order chi connectivity index (χ0) is 29.8. The van der Waals surface area contributed by atoms with Gasteiger partial charge in [-0.3, -0.25) is 4.79 Å². The molecule has 1 atom stereocenters. The van der Waals surface area contributed by atoms with E-state index in [1.165, 1.54) is 12.2 Å². The SMILES string of the molecule is CC(C)(C)OC(=O)N(C(=O)/C=C/C=C/c1ccc(Cl)cc1Cl)[C@@H](/C=C\c1ccc(Cl)cc1)COCc1ccccc1. The molecule has 8 heteroatoms. The van der Waals surface area contributed by atoms with Crippen LogP contribution in [0.4, 0.5) is 4.79 Å². The molecule has 0 fully saturated rings. The average Bonchev–Trinajstić information content (AvgIpc) is 2.91. The van der Waals surface area contributed by atoms with Gasteiger partial charge in [-0.1, -0.05) is 114 Å². The summed E-state index contributed by atoms with van der Waals surface area (Å²) in [4.78, 5) is 27.9. The summed E-state index contributed by atoms with van der Waals surface area (Å²) in [5.74, 6) is -0.569. The van der Waals surface area contributed by atoms with Crippen molar-refractivity contribution >= 4 is 59.0 Å². The highest BCUT2D eigenvalue weighted by Crippen LogP contribution is 2.22. The molecule has 0 unspecified atom stereocenters. The van der Waals surface area contributed by atoms with Gasteiger partial charge in [0, 0.05) is 21.1 Å². The van der Waals surface area contributed by atoms with Crippen molar-refractivity contribution in [3.63, 3.8) is 0 Å². The molecule has 41 heavy (non-hydrogen) atoms. The third-order valence-electron chi connectivity index (χ3n) is 5.53. The lowest BCUT2D eigenvalue weighted by Gasteiger charge is -2.30. The summed E-state index contributed by atoms with van der Waals surface area (Å²) in [6.45, 7) is 5.59. The third-order valence-corrected chi connectivity index (χ3v) is 6.34. The van der Waals surface area contributed by atoms with Crippen LogP contribution in [0, 0.1) is 0 Å². The van der Waals surface area contributed by atoms with Gasteiger partial charge in [0.25, 0.3) is 5.91 Å². The van der Waals surface area contributed by atoms with Crippen LogP contribution in [0.5, 0.6) is 0 Å². The van der Waals surface area contributed by atoms with Gasteiger partial charge in [-0.2, -0.15) is 0 Å². The van der Waals surface area contributed by atoms with Gasteiger partial charge in [-0.05, 0) is 61.7 Å². The molecule has 2 amide bonds. The number of benzene rings is 3. The molecule has 0 aliphatic carbocycles. The topological polar surface area (TPSA) is 55.8 Å². The van der Waals surface area contributed by atoms with Crippen molar-refractivity contribution in [1.29, 1.82) is 0 Å². The highest BCUT2D eigenvalue weighted by Gasteiger charge is 2.31. The maximum Gasteiger partial charge on any atom is 0.417 e. The highest BCUT2D eigenvalue weighted by atomic mass is 35.5. The van der Waals surface area contributed by atoms with Gasteiger partial charge in [0.15, 0.2) is 0 Å². The number of ether oxygens (including phenoxy) is 2. The smallest absolute Gasteiger partial charge is 0.417 e. The van der Waals surface area contributed by atoms with Crippen molar-refractivity contribution in [2.24, 2.45) is 0 Å². The van der Waals surface area contributed by atoms with E-state index in [0.29, 0.717) is 21.7 Å². The van der Waals surface area contributed by atoms with Crippen LogP contribution in [0.25, 0.3) is 12.2 Å². The van der Waals surface area contributed by atoms with Crippen LogP contribution in [0.3, 0.4) is 0 Å². The number of imide groups is 1. The van der Waals surface area contributed by atoms with Crippen molar-refractivity contribution in [1.82, 2.24) is 4.90 Å². The number of carbonyl (C=O) groups excluding carboxylic acids is 2. The molecule has 0 bridgehead atoms. The van der Waals surface area contributed by atoms with E-state index in [1.807, 2.05) is 48.5 Å². The summed E-state index contributed by atoms with van der Waals surface area (Å²) in [6.07, 6.45) is 8.99. The van der Waals surface area contributed by atoms with Gasteiger partial charge in [-0.25, -0.2) is 9.69 Å². The number of halogens is 3. The molecule has 0 aliphatic heterocycles. The van der Waals surface area contributed by atoms with Gasteiger partial charge >= 0.3 is 6.09 Å². The lowest BCUT2D eigenvalue weighted by molar-refractivity contribution is -0.127. The second-order valence-electron chi connectivity index (χ2n) is 10.1. The first-order valence-electron chi connectivity index (χ1n) is 12.9. The quantitative estimate of drug-likeness (QED) is 0.169. The van der Waals surface area contributed by atoms with E-state index in [1.54, 1.807) is 69.3 Å². The first kappa shape index (κ1) is 32.2. The Labute approximate surface area is 256 Å². The van der Waals surface area contributed by atoms with Gasteiger partial charge < -0.3 is 9.47 Å². The standard InChI is InChI=1S/C33H32Cl3NO4/c1-33(2,3)41-32(39)37(31(38)12-8-7-11-26-16-19-28(35)21-30(26)36)29(20-15-24-13-17-27(34)18-14-24)23-40-22-25-9-5-4-6-10-25/h4-21,29H,22-23H2,1-3H3/b11-7+,12-8+,20-15-/t29-/m0/s1. The normalized spacial score (nSPS) is 12.7. The summed E-state index contributed by atoms with van der Waals surface area (Å²) < 4.78 is 11.6. The minimum absolute atomic E-state index is 0.0496. The third kappa shape index (κ3) is 11.2. The van der Waals surface area contributed by atoms with E-state index in [0.717, 1.165) is 21.6 Å². The summed E-state index contributed by atoms with van der Waals surface area (Å²) in [7, 11) is 0. The zero-order valence-electron chi connectivity index (χ0n) is 23.1. The summed E-state index contributed by atoms with van der Waals surface area (Å²) in [5, 5.41) is 1.61. The minimum Gasteiger partial charge on any atom is -0.443 e. The molecule has 0 radical (unpaired) electrons. The summed E-state index contributed by atoms with van der Waals surface area (Å²) >= 11 is 18.2. The number of nitrogens with zero attached hydrogens (tertiary/aromatic N) is 1. The molecule has 0 saturated heterocycles. The van der Waals surface area contributed by atoms with Crippen LogP contribution in [0.15, 0.2) is 97.1 Å². The number of hydrogen-bond acceptors (Lipinski definition) is 4. The Bertz CT molecular complexity index is 1390. The van der Waals surface area contributed by atoms with E-state index in [4.69, 9.17) is 44.3 Å². The maximum absolute atomic E-state index is 13.5. The largest absolute Gasteiger partial charge is 0.443 e. The molecular formula is C33H32Cl3NO4. The summed E-state index contributed by atoms with van der Waals surface area (Å²) in [5.41, 5.74) is 1.72. The Morgan fingerprint density at radius 2 is 1.56 bits per heavy atom. The first-order chi connectivity index (χ1) is 19.5. The predicted molar refractivity (Wildman–Crippen MR) is 168 cm³/mol. The van der Waals surface area contributed by atoms with Crippen molar-refractivity contribution in [2.75, 3.05) is 6.61 Å². The van der Waals surface area contributed by atoms with E-state index in [-0.39, 0.29) is 6.61 Å². The van der Waals surface area contributed by atoms with Crippen molar-refractivity contribution in [3.05, 3.63) is 129 Å². The highest BCUT2D eigenvalue weighted by molar-refractivity contribution is 6.35. The van der Waals surface area contributed by atoms with E-state index in [9.17, 15) is 9.59 Å². The Morgan fingerprint density at radius 3 is 2.22 bits per heavy atom. The van der Waals surface area contributed by atoms with E-state index < -0.39 is 23.6 Å². The molecule has 3 aromatic carbocycles. The van der Waals surface area contributed by atoms with Crippen LogP contribution in [-0.4, -0.2) is 35.2 Å². The molecule has 214 valence electrons.